The predicted octanol–water partition coefficient (Wildman–Crippen LogP) is 3.29. The summed E-state index contributed by atoms with van der Waals surface area (Å²) in [5, 5.41) is 0.0109. The van der Waals surface area contributed by atoms with Crippen LogP contribution in [0, 0.1) is 11.7 Å². The normalized spacial score (nSPS) is 29.4. The van der Waals surface area contributed by atoms with Gasteiger partial charge in [-0.25, -0.2) is 9.18 Å². The van der Waals surface area contributed by atoms with E-state index in [1.54, 1.807) is 13.0 Å². The largest absolute Gasteiger partial charge is 0.467 e. The number of ether oxygens (including phenoxy) is 2. The molecule has 2 atom stereocenters. The molecule has 1 aliphatic rings. The zero-order valence-corrected chi connectivity index (χ0v) is 12.0. The van der Waals surface area contributed by atoms with Crippen molar-refractivity contribution >= 4 is 17.6 Å². The van der Waals surface area contributed by atoms with Gasteiger partial charge in [-0.2, -0.15) is 0 Å². The van der Waals surface area contributed by atoms with Crippen molar-refractivity contribution in [1.82, 2.24) is 0 Å². The van der Waals surface area contributed by atoms with E-state index in [4.69, 9.17) is 21.1 Å². The second-order valence-electron chi connectivity index (χ2n) is 5.15. The summed E-state index contributed by atoms with van der Waals surface area (Å²) in [4.78, 5) is 12.0. The van der Waals surface area contributed by atoms with Crippen LogP contribution in [0.3, 0.4) is 0 Å². The summed E-state index contributed by atoms with van der Waals surface area (Å²) in [7, 11) is 1.33. The Labute approximate surface area is 116 Å². The summed E-state index contributed by atoms with van der Waals surface area (Å²) in [5.74, 6) is -0.998. The van der Waals surface area contributed by atoms with Gasteiger partial charge in [0.25, 0.3) is 0 Å². The van der Waals surface area contributed by atoms with E-state index >= 15 is 0 Å². The lowest BCUT2D eigenvalue weighted by Crippen LogP contribution is -2.37. The maximum Gasteiger partial charge on any atom is 0.341 e. The molecule has 5 heteroatoms. The number of hydrogen-bond donors (Lipinski definition) is 0. The van der Waals surface area contributed by atoms with Crippen molar-refractivity contribution in [2.75, 3.05) is 7.11 Å². The molecule has 0 aliphatic carbocycles. The van der Waals surface area contributed by atoms with E-state index in [1.807, 2.05) is 13.8 Å². The highest BCUT2D eigenvalue weighted by molar-refractivity contribution is 6.30. The van der Waals surface area contributed by atoms with E-state index in [0.717, 1.165) is 0 Å². The van der Waals surface area contributed by atoms with Crippen molar-refractivity contribution in [2.24, 2.45) is 5.92 Å². The van der Waals surface area contributed by atoms with Crippen LogP contribution in [0.25, 0.3) is 0 Å². The lowest BCUT2D eigenvalue weighted by molar-refractivity contribution is -0.148. The molecule has 0 radical (unpaired) electrons. The van der Waals surface area contributed by atoms with Gasteiger partial charge in [0, 0.05) is 0 Å². The molecule has 0 aromatic heterocycles. The van der Waals surface area contributed by atoms with Crippen molar-refractivity contribution in [2.45, 2.75) is 32.0 Å². The smallest absolute Gasteiger partial charge is 0.341 e. The average Bonchev–Trinajstić information content (AvgIpc) is 3.01. The van der Waals surface area contributed by atoms with Gasteiger partial charge in [0.2, 0.25) is 5.60 Å². The van der Waals surface area contributed by atoms with E-state index in [9.17, 15) is 9.18 Å². The maximum atomic E-state index is 13.2. The SMILES string of the molecule is COC(=O)C1(C(C)C)OC1(C)c1ccc(F)c(Cl)c1. The first-order valence-corrected chi connectivity index (χ1v) is 6.41. The topological polar surface area (TPSA) is 38.8 Å². The maximum absolute atomic E-state index is 13.2. The number of hydrogen-bond acceptors (Lipinski definition) is 3. The van der Waals surface area contributed by atoms with Gasteiger partial charge in [-0.3, -0.25) is 0 Å². The highest BCUT2D eigenvalue weighted by Gasteiger charge is 2.75. The summed E-state index contributed by atoms with van der Waals surface area (Å²) in [6.07, 6.45) is 0. The van der Waals surface area contributed by atoms with Crippen molar-refractivity contribution < 1.29 is 18.7 Å². The molecule has 2 unspecified atom stereocenters. The second kappa shape index (κ2) is 4.46. The molecule has 2 rings (SSSR count). The van der Waals surface area contributed by atoms with Crippen molar-refractivity contribution in [1.29, 1.82) is 0 Å². The molecule has 1 heterocycles. The summed E-state index contributed by atoms with van der Waals surface area (Å²) in [6, 6.07) is 4.34. The quantitative estimate of drug-likeness (QED) is 0.632. The lowest BCUT2D eigenvalue weighted by atomic mass is 9.80. The van der Waals surface area contributed by atoms with Gasteiger partial charge >= 0.3 is 5.97 Å². The lowest BCUT2D eigenvalue weighted by Gasteiger charge is -2.19. The van der Waals surface area contributed by atoms with E-state index in [-0.39, 0.29) is 10.9 Å². The molecule has 1 fully saturated rings. The third-order valence-electron chi connectivity index (χ3n) is 3.80. The van der Waals surface area contributed by atoms with Crippen LogP contribution in [0.5, 0.6) is 0 Å². The first-order valence-electron chi connectivity index (χ1n) is 6.03. The fourth-order valence-corrected chi connectivity index (χ4v) is 2.84. The average molecular weight is 287 g/mol. The number of esters is 1. The molecule has 0 amide bonds. The van der Waals surface area contributed by atoms with Crippen molar-refractivity contribution in [3.63, 3.8) is 0 Å². The molecule has 19 heavy (non-hydrogen) atoms. The Bertz CT molecular complexity index is 531. The van der Waals surface area contributed by atoms with Gasteiger partial charge in [0.1, 0.15) is 11.4 Å². The van der Waals surface area contributed by atoms with Gasteiger partial charge in [-0.1, -0.05) is 31.5 Å². The van der Waals surface area contributed by atoms with Crippen molar-refractivity contribution in [3.8, 4) is 0 Å². The summed E-state index contributed by atoms with van der Waals surface area (Å²) in [6.45, 7) is 5.55. The Hall–Kier alpha value is -1.13. The van der Waals surface area contributed by atoms with E-state index in [0.29, 0.717) is 5.56 Å². The van der Waals surface area contributed by atoms with Crippen LogP contribution in [0.4, 0.5) is 4.39 Å². The molecule has 0 N–H and O–H groups in total. The first-order chi connectivity index (χ1) is 8.79. The molecule has 1 aromatic carbocycles. The van der Waals surface area contributed by atoms with Crippen LogP contribution in [0.15, 0.2) is 18.2 Å². The summed E-state index contributed by atoms with van der Waals surface area (Å²) < 4.78 is 23.8. The molecule has 1 aromatic rings. The minimum atomic E-state index is -1.04. The van der Waals surface area contributed by atoms with Gasteiger partial charge in [0.05, 0.1) is 12.1 Å². The number of carbonyl (C=O) groups excluding carboxylic acids is 1. The van der Waals surface area contributed by atoms with E-state index in [2.05, 4.69) is 0 Å². The third kappa shape index (κ3) is 1.85. The number of methoxy groups -OCH3 is 1. The zero-order chi connectivity index (χ0) is 14.4. The Morgan fingerprint density at radius 3 is 2.58 bits per heavy atom. The van der Waals surface area contributed by atoms with E-state index < -0.39 is 23.0 Å². The molecule has 1 aliphatic heterocycles. The van der Waals surface area contributed by atoms with Crippen LogP contribution in [0.1, 0.15) is 26.3 Å². The predicted molar refractivity (Wildman–Crippen MR) is 69.4 cm³/mol. The molecule has 104 valence electrons. The van der Waals surface area contributed by atoms with Crippen LogP contribution in [-0.4, -0.2) is 18.7 Å². The first kappa shape index (κ1) is 14.3. The van der Waals surface area contributed by atoms with Gasteiger partial charge in [0.15, 0.2) is 0 Å². The van der Waals surface area contributed by atoms with Gasteiger partial charge in [-0.15, -0.1) is 0 Å². The number of benzene rings is 1. The minimum absolute atomic E-state index is 0.0109. The zero-order valence-electron chi connectivity index (χ0n) is 11.3. The Kier molecular flexibility index (Phi) is 3.35. The van der Waals surface area contributed by atoms with E-state index in [1.165, 1.54) is 19.2 Å². The van der Waals surface area contributed by atoms with Crippen LogP contribution in [0.2, 0.25) is 5.02 Å². The molecule has 0 saturated carbocycles. The molecule has 1 saturated heterocycles. The Morgan fingerprint density at radius 2 is 2.11 bits per heavy atom. The molecule has 3 nitrogen and oxygen atoms in total. The fraction of sp³-hybridized carbons (Fsp3) is 0.500. The summed E-state index contributed by atoms with van der Waals surface area (Å²) in [5.41, 5.74) is -1.22. The molecule has 0 bridgehead atoms. The van der Waals surface area contributed by atoms with Crippen molar-refractivity contribution in [3.05, 3.63) is 34.6 Å². The van der Waals surface area contributed by atoms with Crippen LogP contribution < -0.4 is 0 Å². The number of halogens is 2. The highest BCUT2D eigenvalue weighted by Crippen LogP contribution is 2.60. The summed E-state index contributed by atoms with van der Waals surface area (Å²) >= 11 is 5.79. The molecule has 0 spiro atoms. The third-order valence-corrected chi connectivity index (χ3v) is 4.09. The fourth-order valence-electron chi connectivity index (χ4n) is 2.66. The minimum Gasteiger partial charge on any atom is -0.467 e. The molecular formula is C14H16ClFO3. The number of carbonyl (C=O) groups is 1. The van der Waals surface area contributed by atoms with Gasteiger partial charge < -0.3 is 9.47 Å². The monoisotopic (exact) mass is 286 g/mol. The van der Waals surface area contributed by atoms with Crippen LogP contribution >= 0.6 is 11.6 Å². The highest BCUT2D eigenvalue weighted by atomic mass is 35.5. The number of epoxide rings is 1. The number of rotatable bonds is 3. The van der Waals surface area contributed by atoms with Crippen LogP contribution in [-0.2, 0) is 19.9 Å². The standard InChI is InChI=1S/C14H16ClFO3/c1-8(2)14(12(17)18-4)13(3,19-14)9-5-6-11(16)10(15)7-9/h5-8H,1-4H3. The van der Waals surface area contributed by atoms with Gasteiger partial charge in [-0.05, 0) is 30.5 Å². The molecular weight excluding hydrogens is 271 g/mol. The Morgan fingerprint density at radius 1 is 1.47 bits per heavy atom. The second-order valence-corrected chi connectivity index (χ2v) is 5.55. The Balaban J connectivity index is 2.45.